The molecule has 0 fully saturated rings. The minimum Gasteiger partial charge on any atom is -0.268 e. The highest BCUT2D eigenvalue weighted by molar-refractivity contribution is 7.89. The largest absolute Gasteiger partial charge is 0.268 e. The van der Waals surface area contributed by atoms with E-state index in [9.17, 15) is 13.2 Å². The number of aromatic nitrogens is 2. The second kappa shape index (κ2) is 8.63. The summed E-state index contributed by atoms with van der Waals surface area (Å²) in [4.78, 5) is 12.0. The number of hydrogen-bond acceptors (Lipinski definition) is 4. The number of rotatable bonds is 6. The van der Waals surface area contributed by atoms with E-state index in [4.69, 9.17) is 34.8 Å². The molecular weight excluding hydrogens is 445 g/mol. The number of nitrogens with one attached hydrogen (secondary N) is 1. The highest BCUT2D eigenvalue weighted by atomic mass is 35.5. The number of nitrogens with zero attached hydrogens (tertiary/aromatic N) is 2. The highest BCUT2D eigenvalue weighted by Crippen LogP contribution is 2.24. The van der Waals surface area contributed by atoms with Crippen LogP contribution in [-0.2, 0) is 16.6 Å². The standard InChI is InChI=1S/C18H14Cl3N3O3S/c19-13-3-1-12(2-4-13)17-7-8-18(25)24(23-17)10-9-22-28(26,27)14-5-6-15(20)16(21)11-14/h1-8,11,22H,9-10H2. The minimum absolute atomic E-state index is 0.0166. The van der Waals surface area contributed by atoms with Crippen molar-refractivity contribution in [3.63, 3.8) is 0 Å². The van der Waals surface area contributed by atoms with Crippen LogP contribution in [0.25, 0.3) is 11.3 Å². The van der Waals surface area contributed by atoms with Crippen LogP contribution in [0.4, 0.5) is 0 Å². The van der Waals surface area contributed by atoms with Gasteiger partial charge in [0, 0.05) is 23.2 Å². The summed E-state index contributed by atoms with van der Waals surface area (Å²) in [6, 6.07) is 14.0. The van der Waals surface area contributed by atoms with Crippen LogP contribution in [0.5, 0.6) is 0 Å². The Morgan fingerprint density at radius 2 is 1.64 bits per heavy atom. The second-order valence-electron chi connectivity index (χ2n) is 5.76. The normalized spacial score (nSPS) is 11.5. The van der Waals surface area contributed by atoms with Gasteiger partial charge in [-0.15, -0.1) is 0 Å². The minimum atomic E-state index is -3.80. The van der Waals surface area contributed by atoms with Gasteiger partial charge in [-0.2, -0.15) is 5.10 Å². The van der Waals surface area contributed by atoms with Gasteiger partial charge in [-0.1, -0.05) is 46.9 Å². The van der Waals surface area contributed by atoms with Gasteiger partial charge in [-0.25, -0.2) is 17.8 Å². The first kappa shape index (κ1) is 20.8. The Bertz CT molecular complexity index is 1160. The first-order chi connectivity index (χ1) is 13.3. The molecule has 0 saturated carbocycles. The maximum absolute atomic E-state index is 12.4. The van der Waals surface area contributed by atoms with E-state index < -0.39 is 10.0 Å². The molecule has 1 aromatic heterocycles. The summed E-state index contributed by atoms with van der Waals surface area (Å²) < 4.78 is 28.3. The molecule has 6 nitrogen and oxygen atoms in total. The third-order valence-corrected chi connectivity index (χ3v) is 6.27. The van der Waals surface area contributed by atoms with E-state index in [1.807, 2.05) is 0 Å². The summed E-state index contributed by atoms with van der Waals surface area (Å²) in [6.07, 6.45) is 0. The molecule has 0 unspecified atom stereocenters. The van der Waals surface area contributed by atoms with Crippen LogP contribution in [0.1, 0.15) is 0 Å². The summed E-state index contributed by atoms with van der Waals surface area (Å²) in [5, 5.41) is 5.27. The van der Waals surface area contributed by atoms with Crippen molar-refractivity contribution in [3.05, 3.63) is 80.0 Å². The zero-order chi connectivity index (χ0) is 20.3. The van der Waals surface area contributed by atoms with Gasteiger partial charge >= 0.3 is 0 Å². The fourth-order valence-corrected chi connectivity index (χ4v) is 3.93. The van der Waals surface area contributed by atoms with Crippen LogP contribution in [0, 0.1) is 0 Å². The maximum Gasteiger partial charge on any atom is 0.266 e. The Kier molecular flexibility index (Phi) is 6.42. The number of sulfonamides is 1. The monoisotopic (exact) mass is 457 g/mol. The van der Waals surface area contributed by atoms with E-state index in [1.54, 1.807) is 30.3 Å². The lowest BCUT2D eigenvalue weighted by Gasteiger charge is -2.10. The molecule has 0 amide bonds. The van der Waals surface area contributed by atoms with E-state index in [2.05, 4.69) is 9.82 Å². The molecule has 1 heterocycles. The molecule has 0 spiro atoms. The fourth-order valence-electron chi connectivity index (χ4n) is 2.40. The summed E-state index contributed by atoms with van der Waals surface area (Å²) in [5.74, 6) is 0. The number of hydrogen-bond donors (Lipinski definition) is 1. The summed E-state index contributed by atoms with van der Waals surface area (Å²) >= 11 is 17.6. The van der Waals surface area contributed by atoms with E-state index in [0.717, 1.165) is 5.56 Å². The zero-order valence-electron chi connectivity index (χ0n) is 14.3. The Labute approximate surface area is 176 Å². The van der Waals surface area contributed by atoms with Crippen molar-refractivity contribution in [2.24, 2.45) is 0 Å². The van der Waals surface area contributed by atoms with E-state index in [0.29, 0.717) is 10.7 Å². The van der Waals surface area contributed by atoms with Crippen LogP contribution in [0.15, 0.2) is 64.3 Å². The van der Waals surface area contributed by atoms with Gasteiger partial charge in [0.25, 0.3) is 5.56 Å². The first-order valence-corrected chi connectivity index (χ1v) is 10.7. The maximum atomic E-state index is 12.4. The van der Waals surface area contributed by atoms with Gasteiger partial charge < -0.3 is 0 Å². The molecule has 0 atom stereocenters. The third-order valence-electron chi connectivity index (χ3n) is 3.82. The predicted molar refractivity (Wildman–Crippen MR) is 111 cm³/mol. The van der Waals surface area contributed by atoms with Crippen molar-refractivity contribution in [2.45, 2.75) is 11.4 Å². The molecule has 3 rings (SSSR count). The van der Waals surface area contributed by atoms with E-state index in [-0.39, 0.29) is 33.6 Å². The molecule has 28 heavy (non-hydrogen) atoms. The predicted octanol–water partition coefficient (Wildman–Crippen LogP) is 3.85. The number of halogens is 3. The lowest BCUT2D eigenvalue weighted by Crippen LogP contribution is -2.32. The summed E-state index contributed by atoms with van der Waals surface area (Å²) in [5.41, 5.74) is 1.02. The van der Waals surface area contributed by atoms with E-state index in [1.165, 1.54) is 28.9 Å². The fraction of sp³-hybridized carbons (Fsp3) is 0.111. The highest BCUT2D eigenvalue weighted by Gasteiger charge is 2.15. The molecule has 0 aliphatic rings. The SMILES string of the molecule is O=c1ccc(-c2ccc(Cl)cc2)nn1CCNS(=O)(=O)c1ccc(Cl)c(Cl)c1. The molecule has 0 aliphatic carbocycles. The van der Waals surface area contributed by atoms with Gasteiger partial charge in [0.05, 0.1) is 27.2 Å². The van der Waals surface area contributed by atoms with Gasteiger partial charge in [0.2, 0.25) is 10.0 Å². The molecular formula is C18H14Cl3N3O3S. The van der Waals surface area contributed by atoms with Crippen molar-refractivity contribution in [1.29, 1.82) is 0 Å². The molecule has 1 N–H and O–H groups in total. The zero-order valence-corrected chi connectivity index (χ0v) is 17.4. The smallest absolute Gasteiger partial charge is 0.266 e. The molecule has 0 bridgehead atoms. The topological polar surface area (TPSA) is 81.1 Å². The van der Waals surface area contributed by atoms with Gasteiger partial charge in [0.15, 0.2) is 0 Å². The molecule has 2 aromatic carbocycles. The Balaban J connectivity index is 1.73. The van der Waals surface area contributed by atoms with Crippen LogP contribution < -0.4 is 10.3 Å². The third kappa shape index (κ3) is 4.92. The van der Waals surface area contributed by atoms with Crippen molar-refractivity contribution >= 4 is 44.8 Å². The van der Waals surface area contributed by atoms with Crippen LogP contribution in [-0.4, -0.2) is 24.7 Å². The molecule has 3 aromatic rings. The average Bonchev–Trinajstić information content (AvgIpc) is 2.66. The van der Waals surface area contributed by atoms with Crippen LogP contribution >= 0.6 is 34.8 Å². The molecule has 0 aliphatic heterocycles. The van der Waals surface area contributed by atoms with Crippen molar-refractivity contribution in [2.75, 3.05) is 6.54 Å². The second-order valence-corrected chi connectivity index (χ2v) is 8.78. The molecule has 0 saturated heterocycles. The Morgan fingerprint density at radius 3 is 2.32 bits per heavy atom. The first-order valence-electron chi connectivity index (χ1n) is 8.05. The van der Waals surface area contributed by atoms with Gasteiger partial charge in [0.1, 0.15) is 0 Å². The molecule has 0 radical (unpaired) electrons. The molecule has 146 valence electrons. The lowest BCUT2D eigenvalue weighted by atomic mass is 10.1. The van der Waals surface area contributed by atoms with E-state index >= 15 is 0 Å². The molecule has 10 heteroatoms. The number of benzene rings is 2. The Morgan fingerprint density at radius 1 is 0.929 bits per heavy atom. The quantitative estimate of drug-likeness (QED) is 0.608. The van der Waals surface area contributed by atoms with Crippen molar-refractivity contribution in [1.82, 2.24) is 14.5 Å². The summed E-state index contributed by atoms with van der Waals surface area (Å²) in [7, 11) is -3.80. The summed E-state index contributed by atoms with van der Waals surface area (Å²) in [6.45, 7) is 0.0281. The van der Waals surface area contributed by atoms with Crippen LogP contribution in [0.3, 0.4) is 0 Å². The average molecular weight is 459 g/mol. The van der Waals surface area contributed by atoms with Gasteiger partial charge in [-0.3, -0.25) is 4.79 Å². The van der Waals surface area contributed by atoms with Crippen LogP contribution in [0.2, 0.25) is 15.1 Å². The lowest BCUT2D eigenvalue weighted by molar-refractivity contribution is 0.549. The Hall–Kier alpha value is -1.90. The van der Waals surface area contributed by atoms with Crippen molar-refractivity contribution in [3.8, 4) is 11.3 Å². The van der Waals surface area contributed by atoms with Crippen molar-refractivity contribution < 1.29 is 8.42 Å². The van der Waals surface area contributed by atoms with Gasteiger partial charge in [-0.05, 0) is 36.4 Å².